The molecule has 0 atom stereocenters. The van der Waals surface area contributed by atoms with Crippen molar-refractivity contribution in [2.45, 2.75) is 13.3 Å². The van der Waals surface area contributed by atoms with Crippen LogP contribution in [0.4, 0.5) is 17.2 Å². The number of anilines is 3. The summed E-state index contributed by atoms with van der Waals surface area (Å²) in [5, 5.41) is 6.10. The molecular formula is C20H18BrN3O. The number of nitrogens with one attached hydrogen (secondary N) is 2. The van der Waals surface area contributed by atoms with E-state index < -0.39 is 0 Å². The van der Waals surface area contributed by atoms with Crippen molar-refractivity contribution in [2.24, 2.45) is 0 Å². The van der Waals surface area contributed by atoms with E-state index in [9.17, 15) is 4.79 Å². The molecule has 0 saturated carbocycles. The Balaban J connectivity index is 1.59. The number of carbonyl (C=O) groups is 1. The van der Waals surface area contributed by atoms with E-state index in [-0.39, 0.29) is 5.91 Å². The SMILES string of the molecule is Cc1ccccc1CC(=O)Nc1ccc(Nc2ccc(Br)cc2)cn1. The molecule has 0 saturated heterocycles. The van der Waals surface area contributed by atoms with E-state index in [2.05, 4.69) is 31.5 Å². The van der Waals surface area contributed by atoms with Crippen molar-refractivity contribution in [3.8, 4) is 0 Å². The average molecular weight is 396 g/mol. The van der Waals surface area contributed by atoms with E-state index >= 15 is 0 Å². The summed E-state index contributed by atoms with van der Waals surface area (Å²) in [6, 6.07) is 19.4. The van der Waals surface area contributed by atoms with Gasteiger partial charge in [-0.3, -0.25) is 4.79 Å². The van der Waals surface area contributed by atoms with Crippen molar-refractivity contribution in [3.63, 3.8) is 0 Å². The van der Waals surface area contributed by atoms with E-state index in [0.717, 1.165) is 27.0 Å². The van der Waals surface area contributed by atoms with Gasteiger partial charge in [-0.2, -0.15) is 0 Å². The first-order valence-electron chi connectivity index (χ1n) is 7.93. The van der Waals surface area contributed by atoms with E-state index in [1.165, 1.54) is 0 Å². The van der Waals surface area contributed by atoms with Crippen LogP contribution in [0.3, 0.4) is 0 Å². The number of aryl methyl sites for hydroxylation is 1. The van der Waals surface area contributed by atoms with Gasteiger partial charge >= 0.3 is 0 Å². The zero-order chi connectivity index (χ0) is 17.6. The molecule has 0 aliphatic heterocycles. The Morgan fingerprint density at radius 3 is 2.40 bits per heavy atom. The van der Waals surface area contributed by atoms with Crippen LogP contribution in [0.2, 0.25) is 0 Å². The summed E-state index contributed by atoms with van der Waals surface area (Å²) < 4.78 is 1.03. The van der Waals surface area contributed by atoms with Crippen LogP contribution < -0.4 is 10.6 Å². The average Bonchev–Trinajstić information content (AvgIpc) is 2.61. The summed E-state index contributed by atoms with van der Waals surface area (Å²) in [5.41, 5.74) is 3.97. The summed E-state index contributed by atoms with van der Waals surface area (Å²) in [6.07, 6.45) is 2.04. The van der Waals surface area contributed by atoms with Gasteiger partial charge in [-0.15, -0.1) is 0 Å². The Morgan fingerprint density at radius 2 is 1.72 bits per heavy atom. The molecule has 126 valence electrons. The zero-order valence-corrected chi connectivity index (χ0v) is 15.4. The van der Waals surface area contributed by atoms with Gasteiger partial charge < -0.3 is 10.6 Å². The monoisotopic (exact) mass is 395 g/mol. The minimum Gasteiger partial charge on any atom is -0.354 e. The second kappa shape index (κ2) is 7.94. The third-order valence-electron chi connectivity index (χ3n) is 3.78. The summed E-state index contributed by atoms with van der Waals surface area (Å²) >= 11 is 3.41. The number of amides is 1. The molecule has 2 aromatic carbocycles. The predicted molar refractivity (Wildman–Crippen MR) is 105 cm³/mol. The molecule has 2 N–H and O–H groups in total. The van der Waals surface area contributed by atoms with Gasteiger partial charge in [0.05, 0.1) is 18.3 Å². The molecule has 1 amide bonds. The first-order chi connectivity index (χ1) is 12.1. The Labute approximate surface area is 155 Å². The van der Waals surface area contributed by atoms with Gasteiger partial charge in [-0.05, 0) is 54.4 Å². The number of carbonyl (C=O) groups excluding carboxylic acids is 1. The molecule has 0 aliphatic rings. The molecule has 0 spiro atoms. The van der Waals surface area contributed by atoms with Gasteiger partial charge in [-0.1, -0.05) is 40.2 Å². The molecule has 0 fully saturated rings. The third-order valence-corrected chi connectivity index (χ3v) is 4.30. The highest BCUT2D eigenvalue weighted by molar-refractivity contribution is 9.10. The van der Waals surface area contributed by atoms with Crippen LogP contribution in [0.15, 0.2) is 71.3 Å². The minimum atomic E-state index is -0.0737. The summed E-state index contributed by atoms with van der Waals surface area (Å²) in [6.45, 7) is 2.00. The standard InChI is InChI=1S/C20H18BrN3O/c1-14-4-2-3-5-15(14)12-20(25)24-19-11-10-18(13-22-19)23-17-8-6-16(21)7-9-17/h2-11,13,23H,12H2,1H3,(H,22,24,25). The second-order valence-corrected chi connectivity index (χ2v) is 6.63. The highest BCUT2D eigenvalue weighted by Gasteiger charge is 2.07. The molecule has 4 nitrogen and oxygen atoms in total. The molecule has 25 heavy (non-hydrogen) atoms. The quantitative estimate of drug-likeness (QED) is 0.633. The van der Waals surface area contributed by atoms with Crippen LogP contribution in [0.1, 0.15) is 11.1 Å². The van der Waals surface area contributed by atoms with Crippen molar-refractivity contribution in [2.75, 3.05) is 10.6 Å². The maximum absolute atomic E-state index is 12.2. The van der Waals surface area contributed by atoms with Crippen molar-refractivity contribution in [1.29, 1.82) is 0 Å². The van der Waals surface area contributed by atoms with Crippen LogP contribution in [0.5, 0.6) is 0 Å². The number of nitrogens with zero attached hydrogens (tertiary/aromatic N) is 1. The normalized spacial score (nSPS) is 10.3. The van der Waals surface area contributed by atoms with E-state index in [1.807, 2.05) is 61.5 Å². The topological polar surface area (TPSA) is 54.0 Å². The number of halogens is 1. The Kier molecular flexibility index (Phi) is 5.46. The molecule has 0 radical (unpaired) electrons. The Hall–Kier alpha value is -2.66. The number of pyridine rings is 1. The van der Waals surface area contributed by atoms with Crippen molar-refractivity contribution >= 4 is 39.0 Å². The highest BCUT2D eigenvalue weighted by atomic mass is 79.9. The van der Waals surface area contributed by atoms with Crippen LogP contribution in [-0.2, 0) is 11.2 Å². The van der Waals surface area contributed by atoms with Crippen molar-refractivity contribution in [1.82, 2.24) is 4.98 Å². The van der Waals surface area contributed by atoms with Crippen LogP contribution in [-0.4, -0.2) is 10.9 Å². The maximum atomic E-state index is 12.2. The minimum absolute atomic E-state index is 0.0737. The first-order valence-corrected chi connectivity index (χ1v) is 8.72. The van der Waals surface area contributed by atoms with E-state index in [0.29, 0.717) is 12.2 Å². The molecule has 0 aliphatic carbocycles. The Morgan fingerprint density at radius 1 is 1.00 bits per heavy atom. The summed E-state index contributed by atoms with van der Waals surface area (Å²) in [5.74, 6) is 0.468. The van der Waals surface area contributed by atoms with Gasteiger partial charge in [-0.25, -0.2) is 4.98 Å². The van der Waals surface area contributed by atoms with Crippen LogP contribution in [0.25, 0.3) is 0 Å². The molecular weight excluding hydrogens is 378 g/mol. The van der Waals surface area contributed by atoms with Gasteiger partial charge in [0, 0.05) is 10.2 Å². The molecule has 0 unspecified atom stereocenters. The van der Waals surface area contributed by atoms with E-state index in [4.69, 9.17) is 0 Å². The fourth-order valence-electron chi connectivity index (χ4n) is 2.41. The highest BCUT2D eigenvalue weighted by Crippen LogP contribution is 2.19. The number of hydrogen-bond acceptors (Lipinski definition) is 3. The van der Waals surface area contributed by atoms with Crippen molar-refractivity contribution in [3.05, 3.63) is 82.5 Å². The second-order valence-electron chi connectivity index (χ2n) is 5.72. The molecule has 1 aromatic heterocycles. The lowest BCUT2D eigenvalue weighted by Crippen LogP contribution is -2.15. The van der Waals surface area contributed by atoms with Crippen LogP contribution >= 0.6 is 15.9 Å². The van der Waals surface area contributed by atoms with Gasteiger partial charge in [0.15, 0.2) is 0 Å². The van der Waals surface area contributed by atoms with E-state index in [1.54, 1.807) is 12.3 Å². The molecule has 0 bridgehead atoms. The lowest BCUT2D eigenvalue weighted by atomic mass is 10.1. The maximum Gasteiger partial charge on any atom is 0.229 e. The largest absolute Gasteiger partial charge is 0.354 e. The summed E-state index contributed by atoms with van der Waals surface area (Å²) in [7, 11) is 0. The first kappa shape index (κ1) is 17.2. The predicted octanol–water partition coefficient (Wildman–Crippen LogP) is 5.08. The lowest BCUT2D eigenvalue weighted by molar-refractivity contribution is -0.115. The molecule has 3 rings (SSSR count). The number of aromatic nitrogens is 1. The Bertz CT molecular complexity index is 861. The van der Waals surface area contributed by atoms with Gasteiger partial charge in [0.25, 0.3) is 0 Å². The smallest absolute Gasteiger partial charge is 0.229 e. The van der Waals surface area contributed by atoms with Gasteiger partial charge in [0.2, 0.25) is 5.91 Å². The number of hydrogen-bond donors (Lipinski definition) is 2. The number of rotatable bonds is 5. The molecule has 1 heterocycles. The van der Waals surface area contributed by atoms with Crippen LogP contribution in [0, 0.1) is 6.92 Å². The van der Waals surface area contributed by atoms with Gasteiger partial charge in [0.1, 0.15) is 5.82 Å². The molecule has 3 aromatic rings. The van der Waals surface area contributed by atoms with Crippen molar-refractivity contribution < 1.29 is 4.79 Å². The summed E-state index contributed by atoms with van der Waals surface area (Å²) in [4.78, 5) is 16.5. The zero-order valence-electron chi connectivity index (χ0n) is 13.8. The fraction of sp³-hybridized carbons (Fsp3) is 0.100. The fourth-order valence-corrected chi connectivity index (χ4v) is 2.67. The molecule has 5 heteroatoms. The number of benzene rings is 2. The lowest BCUT2D eigenvalue weighted by Gasteiger charge is -2.09. The third kappa shape index (κ3) is 4.90.